The summed E-state index contributed by atoms with van der Waals surface area (Å²) in [5.74, 6) is -4.93. The summed E-state index contributed by atoms with van der Waals surface area (Å²) in [5.41, 5.74) is -5.40. The SMILES string of the molecule is C=CC(=O)OCC(COC(=O)C=C)(COC(=O)C=C)COC(=O)NCCCCCCn1c(=O)n(CCCCCCNC(=O)Nc2nc(=S)[nH][nH]2)c(=O)n(CCCCCCNC(=O)OCC(COC(=O)C=C)(COC(=O)C=C)COC(=O)C=C)c1=O. The van der Waals surface area contributed by atoms with Crippen molar-refractivity contribution in [1.29, 1.82) is 0 Å². The zero-order valence-corrected chi connectivity index (χ0v) is 48.3. The smallest absolute Gasteiger partial charge is 0.407 e. The maximum Gasteiger partial charge on any atom is 0.407 e. The zero-order valence-electron chi connectivity index (χ0n) is 47.5. The van der Waals surface area contributed by atoms with Crippen LogP contribution in [0.1, 0.15) is 77.0 Å². The Kier molecular flexibility index (Phi) is 34.0. The van der Waals surface area contributed by atoms with E-state index in [1.54, 1.807) is 0 Å². The highest BCUT2D eigenvalue weighted by Gasteiger charge is 2.39. The number of carbonyl (C=O) groups excluding carboxylic acids is 9. The first-order valence-electron chi connectivity index (χ1n) is 26.9. The van der Waals surface area contributed by atoms with E-state index in [0.29, 0.717) is 83.6 Å². The number of hydrogen-bond acceptors (Lipinski definition) is 22. The lowest BCUT2D eigenvalue weighted by molar-refractivity contribution is -0.161. The fourth-order valence-electron chi connectivity index (χ4n) is 7.30. The quantitative estimate of drug-likeness (QED) is 0.0182. The van der Waals surface area contributed by atoms with Crippen molar-refractivity contribution in [2.24, 2.45) is 10.8 Å². The third-order valence-electron chi connectivity index (χ3n) is 12.0. The van der Waals surface area contributed by atoms with Gasteiger partial charge in [0.05, 0.1) is 0 Å². The van der Waals surface area contributed by atoms with E-state index in [9.17, 15) is 57.5 Å². The topological polar surface area (TPSA) is 386 Å². The fourth-order valence-corrected chi connectivity index (χ4v) is 7.45. The van der Waals surface area contributed by atoms with Crippen molar-refractivity contribution in [1.82, 2.24) is 44.8 Å². The highest BCUT2D eigenvalue weighted by molar-refractivity contribution is 7.71. The third-order valence-corrected chi connectivity index (χ3v) is 12.2. The number of unbranched alkanes of at least 4 members (excludes halogenated alkanes) is 9. The van der Waals surface area contributed by atoms with E-state index in [0.717, 1.165) is 50.2 Å². The predicted octanol–water partition coefficient (Wildman–Crippen LogP) is 3.26. The Morgan fingerprint density at radius 1 is 0.412 bits per heavy atom. The molecule has 0 saturated heterocycles. The molecular formula is C54H76N10O20S. The molecular weight excluding hydrogens is 1140 g/mol. The highest BCUT2D eigenvalue weighted by Crippen LogP contribution is 2.23. The number of esters is 6. The maximum atomic E-state index is 13.8. The number of amides is 4. The van der Waals surface area contributed by atoms with E-state index >= 15 is 0 Å². The molecule has 0 aliphatic carbocycles. The lowest BCUT2D eigenvalue weighted by Crippen LogP contribution is -2.54. The molecule has 2 aromatic heterocycles. The lowest BCUT2D eigenvalue weighted by atomic mass is 9.92. The summed E-state index contributed by atoms with van der Waals surface area (Å²) in [6, 6.07) is -0.498. The standard InChI is InChI=1S/C54H76N10O20S/c1-7-39(65)77-31-53(32-78-40(66)8-2,33-79-41(67)9-3)37-83-48(72)56-26-20-14-17-23-29-63-50(74)62(28-22-16-13-19-25-55-46(71)58-45-59-47(85)61-60-45)51(75)64(52(63)76)30-24-18-15-21-27-57-49(73)84-38-54(34-80-42(68)10-4,35-81-43(69)11-5)36-82-44(70)12-6/h7-12H,1-6,13-38H2,(H,56,72)(H,57,73)(H4,55,58,59,60,61,71,85). The van der Waals surface area contributed by atoms with Crippen molar-refractivity contribution in [2.75, 3.05) is 77.8 Å². The Bertz CT molecular complexity index is 2620. The lowest BCUT2D eigenvalue weighted by Gasteiger charge is -2.31. The van der Waals surface area contributed by atoms with Gasteiger partial charge >= 0.3 is 71.1 Å². The number of carbonyl (C=O) groups is 9. The molecule has 6 N–H and O–H groups in total. The van der Waals surface area contributed by atoms with Gasteiger partial charge in [0.15, 0.2) is 0 Å². The molecule has 2 aromatic rings. The van der Waals surface area contributed by atoms with Crippen LogP contribution in [0.5, 0.6) is 0 Å². The van der Waals surface area contributed by atoms with Crippen molar-refractivity contribution < 1.29 is 81.0 Å². The zero-order chi connectivity index (χ0) is 63.0. The molecule has 0 bridgehead atoms. The van der Waals surface area contributed by atoms with Gasteiger partial charge in [-0.3, -0.25) is 15.5 Å². The fraction of sp³-hybridized carbons (Fsp3) is 0.519. The molecule has 31 heteroatoms. The normalized spacial score (nSPS) is 10.8. The van der Waals surface area contributed by atoms with E-state index in [1.807, 2.05) is 0 Å². The largest absolute Gasteiger partial charge is 0.462 e. The number of nitrogens with zero attached hydrogens (tertiary/aromatic N) is 4. The van der Waals surface area contributed by atoms with E-state index in [2.05, 4.69) is 75.9 Å². The molecule has 0 aromatic carbocycles. The first-order valence-corrected chi connectivity index (χ1v) is 27.3. The van der Waals surface area contributed by atoms with Crippen LogP contribution in [-0.4, -0.2) is 155 Å². The molecule has 0 aliphatic rings. The van der Waals surface area contributed by atoms with Gasteiger partial charge in [-0.15, -0.1) is 0 Å². The van der Waals surface area contributed by atoms with Crippen LogP contribution >= 0.6 is 12.2 Å². The number of rotatable bonds is 44. The van der Waals surface area contributed by atoms with Crippen LogP contribution in [0, 0.1) is 15.6 Å². The van der Waals surface area contributed by atoms with Crippen LogP contribution < -0.4 is 38.3 Å². The number of urea groups is 1. The number of H-pyrrole nitrogens is 2. The van der Waals surface area contributed by atoms with Crippen LogP contribution in [0.15, 0.2) is 90.3 Å². The van der Waals surface area contributed by atoms with E-state index in [1.165, 1.54) is 0 Å². The van der Waals surface area contributed by atoms with E-state index in [-0.39, 0.29) is 43.4 Å². The first-order chi connectivity index (χ1) is 40.7. The van der Waals surface area contributed by atoms with Crippen molar-refractivity contribution >= 4 is 72.2 Å². The number of nitrogens with one attached hydrogen (secondary N) is 6. The van der Waals surface area contributed by atoms with Crippen LogP contribution in [0.3, 0.4) is 0 Å². The average molecular weight is 1220 g/mol. The second-order valence-electron chi connectivity index (χ2n) is 18.8. The van der Waals surface area contributed by atoms with Gasteiger partial charge in [-0.05, 0) is 50.7 Å². The first kappa shape index (κ1) is 71.9. The minimum absolute atomic E-state index is 0.00980. The molecule has 85 heavy (non-hydrogen) atoms. The Morgan fingerprint density at radius 2 is 0.682 bits per heavy atom. The summed E-state index contributed by atoms with van der Waals surface area (Å²) >= 11 is 4.87. The summed E-state index contributed by atoms with van der Waals surface area (Å²) in [4.78, 5) is 155. The molecule has 0 saturated carbocycles. The highest BCUT2D eigenvalue weighted by atomic mass is 32.1. The summed E-state index contributed by atoms with van der Waals surface area (Å²) in [6.07, 6.45) is 9.27. The minimum Gasteiger partial charge on any atom is -0.462 e. The number of ether oxygens (including phenoxy) is 8. The van der Waals surface area contributed by atoms with Crippen molar-refractivity contribution in [3.8, 4) is 0 Å². The molecule has 0 spiro atoms. The predicted molar refractivity (Wildman–Crippen MR) is 306 cm³/mol. The summed E-state index contributed by atoms with van der Waals surface area (Å²) in [7, 11) is 0. The average Bonchev–Trinajstić information content (AvgIpc) is 2.94. The molecule has 0 aliphatic heterocycles. The molecule has 0 unspecified atom stereocenters. The van der Waals surface area contributed by atoms with E-state index in [4.69, 9.17) is 50.1 Å². The third kappa shape index (κ3) is 28.6. The minimum atomic E-state index is -1.53. The molecule has 2 heterocycles. The van der Waals surface area contributed by atoms with Crippen LogP contribution in [0.4, 0.5) is 20.3 Å². The van der Waals surface area contributed by atoms with Crippen molar-refractivity contribution in [3.63, 3.8) is 0 Å². The Hall–Kier alpha value is -9.16. The van der Waals surface area contributed by atoms with Gasteiger partial charge in [-0.1, -0.05) is 78.0 Å². The molecule has 2 rings (SSSR count). The Labute approximate surface area is 494 Å². The molecule has 30 nitrogen and oxygen atoms in total. The second kappa shape index (κ2) is 40.1. The number of alkyl carbamates (subject to hydrolysis) is 2. The summed E-state index contributed by atoms with van der Waals surface area (Å²) in [6.45, 7) is 16.4. The van der Waals surface area contributed by atoms with E-state index < -0.39 is 135 Å². The molecule has 4 amide bonds. The summed E-state index contributed by atoms with van der Waals surface area (Å²) in [5, 5.41) is 15.5. The van der Waals surface area contributed by atoms with Crippen LogP contribution in [0.25, 0.3) is 0 Å². The molecule has 0 fully saturated rings. The molecule has 0 atom stereocenters. The van der Waals surface area contributed by atoms with Gasteiger partial charge in [0, 0.05) is 75.7 Å². The number of hydrogen-bond donors (Lipinski definition) is 6. The number of aromatic nitrogens is 6. The van der Waals surface area contributed by atoms with Gasteiger partial charge in [-0.2, -0.15) is 4.98 Å². The maximum absolute atomic E-state index is 13.8. The van der Waals surface area contributed by atoms with Gasteiger partial charge in [-0.25, -0.2) is 71.2 Å². The van der Waals surface area contributed by atoms with Crippen molar-refractivity contribution in [2.45, 2.75) is 96.7 Å². The monoisotopic (exact) mass is 1220 g/mol. The second-order valence-corrected chi connectivity index (χ2v) is 19.2. The summed E-state index contributed by atoms with van der Waals surface area (Å²) < 4.78 is 44.8. The molecule has 0 radical (unpaired) electrons. The number of aromatic amines is 2. The van der Waals surface area contributed by atoms with Gasteiger partial charge < -0.3 is 53.8 Å². The van der Waals surface area contributed by atoms with Gasteiger partial charge in [0.1, 0.15) is 63.7 Å². The van der Waals surface area contributed by atoms with Gasteiger partial charge in [0.2, 0.25) is 10.7 Å². The Balaban J connectivity index is 2.09. The molecule has 468 valence electrons. The number of anilines is 1. The van der Waals surface area contributed by atoms with Crippen LogP contribution in [-0.2, 0) is 86.3 Å². The Morgan fingerprint density at radius 3 is 0.953 bits per heavy atom. The van der Waals surface area contributed by atoms with Crippen LogP contribution in [0.2, 0.25) is 0 Å². The van der Waals surface area contributed by atoms with Gasteiger partial charge in [0.25, 0.3) is 0 Å². The van der Waals surface area contributed by atoms with Crippen molar-refractivity contribution in [3.05, 3.63) is 112 Å².